The van der Waals surface area contributed by atoms with E-state index in [4.69, 9.17) is 9.40 Å². The molecule has 3 nitrogen and oxygen atoms in total. The van der Waals surface area contributed by atoms with E-state index in [9.17, 15) is 0 Å². The summed E-state index contributed by atoms with van der Waals surface area (Å²) in [7, 11) is 0. The van der Waals surface area contributed by atoms with Gasteiger partial charge in [-0.15, -0.1) is 0 Å². The van der Waals surface area contributed by atoms with Crippen LogP contribution in [-0.4, -0.2) is 9.97 Å². The Morgan fingerprint density at radius 2 is 1.49 bits per heavy atom. The summed E-state index contributed by atoms with van der Waals surface area (Å²) in [5.41, 5.74) is 12.2. The van der Waals surface area contributed by atoms with Crippen LogP contribution in [0.1, 0.15) is 41.7 Å². The fraction of sp³-hybridized carbons (Fsp3) is 0.176. The number of fused-ring (bicyclic) bond motifs is 3. The molecule has 3 aromatic carbocycles. The zero-order valence-corrected chi connectivity index (χ0v) is 22.0. The van der Waals surface area contributed by atoms with Crippen molar-refractivity contribution in [1.82, 2.24) is 9.97 Å². The first-order valence-electron chi connectivity index (χ1n) is 12.7. The molecule has 0 aliphatic heterocycles. The Morgan fingerprint density at radius 3 is 2.24 bits per heavy atom. The zero-order chi connectivity index (χ0) is 25.7. The molecule has 0 saturated carbocycles. The van der Waals surface area contributed by atoms with Gasteiger partial charge in [-0.25, -0.2) is 0 Å². The second-order valence-corrected chi connectivity index (χ2v) is 10.6. The summed E-state index contributed by atoms with van der Waals surface area (Å²) in [5.74, 6) is 0. The lowest BCUT2D eigenvalue weighted by molar-refractivity contribution is 0.638. The lowest BCUT2D eigenvalue weighted by Crippen LogP contribution is -2.19. The molecule has 0 radical (unpaired) electrons. The molecule has 0 aliphatic rings. The Labute approximate surface area is 217 Å². The average molecular weight is 483 g/mol. The maximum atomic E-state index is 6.27. The number of nitrogens with zero attached hydrogens (tertiary/aromatic N) is 2. The van der Waals surface area contributed by atoms with E-state index in [0.717, 1.165) is 38.8 Å². The molecule has 0 unspecified atom stereocenters. The van der Waals surface area contributed by atoms with Gasteiger partial charge in [0.2, 0.25) is 0 Å². The molecule has 0 saturated heterocycles. The molecule has 0 spiro atoms. The van der Waals surface area contributed by atoms with Crippen LogP contribution in [0.25, 0.3) is 44.3 Å². The lowest BCUT2D eigenvalue weighted by Gasteiger charge is -2.26. The minimum absolute atomic E-state index is 0.237. The summed E-state index contributed by atoms with van der Waals surface area (Å²) in [6.07, 6.45) is 5.72. The molecule has 3 heterocycles. The summed E-state index contributed by atoms with van der Waals surface area (Å²) in [6.45, 7) is 11.0. The number of hydrogen-bond donors (Lipinski definition) is 0. The SMILES string of the molecule is Cc1cc(C)c(-c2ccnc(-c3ccc4oc5cncc(C(C)(C)c6ccccc6)c5c4c3)c2)c(C)c1. The summed E-state index contributed by atoms with van der Waals surface area (Å²) < 4.78 is 6.27. The van der Waals surface area contributed by atoms with E-state index in [2.05, 4.69) is 112 Å². The molecule has 3 aromatic heterocycles. The third-order valence-electron chi connectivity index (χ3n) is 7.57. The predicted molar refractivity (Wildman–Crippen MR) is 153 cm³/mol. The fourth-order valence-electron chi connectivity index (χ4n) is 5.75. The van der Waals surface area contributed by atoms with E-state index in [1.54, 1.807) is 0 Å². The van der Waals surface area contributed by atoms with Crippen molar-refractivity contribution in [2.75, 3.05) is 0 Å². The normalized spacial score (nSPS) is 11.9. The summed E-state index contributed by atoms with van der Waals surface area (Å²) in [5, 5.41) is 2.20. The van der Waals surface area contributed by atoms with E-state index in [0.29, 0.717) is 0 Å². The van der Waals surface area contributed by atoms with E-state index in [1.807, 2.05) is 18.6 Å². The van der Waals surface area contributed by atoms with Gasteiger partial charge >= 0.3 is 0 Å². The molecular weight excluding hydrogens is 452 g/mol. The third-order valence-corrected chi connectivity index (χ3v) is 7.57. The summed E-state index contributed by atoms with van der Waals surface area (Å²) in [4.78, 5) is 9.30. The van der Waals surface area contributed by atoms with Crippen molar-refractivity contribution in [2.24, 2.45) is 0 Å². The van der Waals surface area contributed by atoms with Crippen molar-refractivity contribution in [3.63, 3.8) is 0 Å². The van der Waals surface area contributed by atoms with Crippen molar-refractivity contribution < 1.29 is 4.42 Å². The molecule has 0 aliphatic carbocycles. The molecule has 3 heteroatoms. The van der Waals surface area contributed by atoms with Crippen molar-refractivity contribution >= 4 is 21.9 Å². The van der Waals surface area contributed by atoms with Gasteiger partial charge < -0.3 is 4.42 Å². The van der Waals surface area contributed by atoms with Crippen molar-refractivity contribution in [3.05, 3.63) is 119 Å². The molecule has 37 heavy (non-hydrogen) atoms. The number of furan rings is 1. The van der Waals surface area contributed by atoms with E-state index in [-0.39, 0.29) is 5.41 Å². The van der Waals surface area contributed by atoms with Gasteiger partial charge in [-0.05, 0) is 84.5 Å². The van der Waals surface area contributed by atoms with Crippen LogP contribution in [0, 0.1) is 20.8 Å². The first kappa shape index (κ1) is 23.2. The van der Waals surface area contributed by atoms with Crippen molar-refractivity contribution in [3.8, 4) is 22.4 Å². The Kier molecular flexibility index (Phi) is 5.45. The van der Waals surface area contributed by atoms with E-state index < -0.39 is 0 Å². The number of pyridine rings is 2. The fourth-order valence-corrected chi connectivity index (χ4v) is 5.75. The molecular formula is C34H30N2O. The second kappa shape index (κ2) is 8.70. The highest BCUT2D eigenvalue weighted by Crippen LogP contribution is 2.41. The summed E-state index contributed by atoms with van der Waals surface area (Å²) >= 11 is 0. The smallest absolute Gasteiger partial charge is 0.154 e. The molecule has 6 rings (SSSR count). The highest BCUT2D eigenvalue weighted by molar-refractivity contribution is 6.08. The van der Waals surface area contributed by atoms with Crippen LogP contribution in [0.5, 0.6) is 0 Å². The van der Waals surface area contributed by atoms with Crippen LogP contribution in [0.3, 0.4) is 0 Å². The first-order valence-corrected chi connectivity index (χ1v) is 12.7. The lowest BCUT2D eigenvalue weighted by atomic mass is 9.77. The first-order chi connectivity index (χ1) is 17.8. The Bertz CT molecular complexity index is 1750. The zero-order valence-electron chi connectivity index (χ0n) is 22.0. The predicted octanol–water partition coefficient (Wildman–Crippen LogP) is 8.96. The van der Waals surface area contributed by atoms with Gasteiger partial charge in [0.25, 0.3) is 0 Å². The van der Waals surface area contributed by atoms with Gasteiger partial charge in [-0.3, -0.25) is 9.97 Å². The number of hydrogen-bond acceptors (Lipinski definition) is 3. The monoisotopic (exact) mass is 482 g/mol. The minimum atomic E-state index is -0.237. The van der Waals surface area contributed by atoms with Crippen LogP contribution in [0.2, 0.25) is 0 Å². The van der Waals surface area contributed by atoms with Crippen molar-refractivity contribution in [2.45, 2.75) is 40.0 Å². The Morgan fingerprint density at radius 1 is 0.730 bits per heavy atom. The molecule has 0 atom stereocenters. The average Bonchev–Trinajstić information content (AvgIpc) is 3.27. The quantitative estimate of drug-likeness (QED) is 0.252. The van der Waals surface area contributed by atoms with Crippen LogP contribution < -0.4 is 0 Å². The number of aryl methyl sites for hydroxylation is 3. The maximum Gasteiger partial charge on any atom is 0.154 e. The molecule has 0 bridgehead atoms. The van der Waals surface area contributed by atoms with Crippen molar-refractivity contribution in [1.29, 1.82) is 0 Å². The molecule has 182 valence electrons. The van der Waals surface area contributed by atoms with Gasteiger partial charge in [-0.1, -0.05) is 61.9 Å². The van der Waals surface area contributed by atoms with Gasteiger partial charge in [0.1, 0.15) is 5.58 Å². The largest absolute Gasteiger partial charge is 0.454 e. The van der Waals surface area contributed by atoms with Gasteiger partial charge in [0.15, 0.2) is 5.58 Å². The maximum absolute atomic E-state index is 6.27. The molecule has 0 amide bonds. The topological polar surface area (TPSA) is 38.9 Å². The van der Waals surface area contributed by atoms with Gasteiger partial charge in [0.05, 0.1) is 11.9 Å². The third kappa shape index (κ3) is 3.92. The number of benzene rings is 3. The van der Waals surface area contributed by atoms with Crippen LogP contribution in [-0.2, 0) is 5.41 Å². The minimum Gasteiger partial charge on any atom is -0.454 e. The van der Waals surface area contributed by atoms with E-state index >= 15 is 0 Å². The van der Waals surface area contributed by atoms with Gasteiger partial charge in [0, 0.05) is 34.1 Å². The number of aromatic nitrogens is 2. The van der Waals surface area contributed by atoms with Gasteiger partial charge in [-0.2, -0.15) is 0 Å². The second-order valence-electron chi connectivity index (χ2n) is 10.6. The number of rotatable bonds is 4. The highest BCUT2D eigenvalue weighted by Gasteiger charge is 2.27. The highest BCUT2D eigenvalue weighted by atomic mass is 16.3. The summed E-state index contributed by atoms with van der Waals surface area (Å²) in [6, 6.07) is 25.8. The molecule has 0 N–H and O–H groups in total. The van der Waals surface area contributed by atoms with E-state index in [1.165, 1.54) is 33.4 Å². The van der Waals surface area contributed by atoms with Crippen LogP contribution in [0.15, 0.2) is 95.8 Å². The van der Waals surface area contributed by atoms with Crippen LogP contribution >= 0.6 is 0 Å². The molecule has 6 aromatic rings. The molecule has 0 fully saturated rings. The Balaban J connectivity index is 1.52. The van der Waals surface area contributed by atoms with Crippen LogP contribution in [0.4, 0.5) is 0 Å². The Hall–Kier alpha value is -4.24. The standard InChI is InChI=1S/C34H30N2O/c1-21-15-22(2)32(23(3)16-21)25-13-14-36-29(18-25)24-11-12-30-27(17-24)33-28(19-35-20-31(33)37-30)34(4,5)26-9-7-6-8-10-26/h6-20H,1-5H3.